The van der Waals surface area contributed by atoms with Crippen LogP contribution in [0.2, 0.25) is 0 Å². The molecule has 2 aromatic rings. The molecule has 8 nitrogen and oxygen atoms in total. The predicted octanol–water partition coefficient (Wildman–Crippen LogP) is 0.130. The number of hydrogen-bond acceptors (Lipinski definition) is 6. The lowest BCUT2D eigenvalue weighted by molar-refractivity contribution is -0.129. The molecule has 136 valence electrons. The fourth-order valence-electron chi connectivity index (χ4n) is 2.55. The Balaban J connectivity index is 1.54. The Hall–Kier alpha value is -2.81. The molecule has 1 aromatic carbocycles. The maximum atomic E-state index is 12.2. The Morgan fingerprint density at radius 1 is 1.04 bits per heavy atom. The van der Waals surface area contributed by atoms with Gasteiger partial charge in [-0.3, -0.25) is 9.59 Å². The molecule has 1 fully saturated rings. The monoisotopic (exact) mass is 374 g/mol. The first kappa shape index (κ1) is 18.0. The number of nitrogens with zero attached hydrogens (tertiary/aromatic N) is 3. The lowest BCUT2D eigenvalue weighted by Crippen LogP contribution is -2.47. The minimum Gasteiger partial charge on any atom is -0.343 e. The van der Waals surface area contributed by atoms with E-state index in [1.807, 2.05) is 0 Å². The molecule has 1 N–H and O–H groups in total. The SMILES string of the molecule is O=C(NCC(=O)N1CCS(=O)(=O)CC1)c1ccc(-c2ncccn2)cc1. The third-order valence-electron chi connectivity index (χ3n) is 4.07. The van der Waals surface area contributed by atoms with Gasteiger partial charge >= 0.3 is 0 Å². The van der Waals surface area contributed by atoms with Gasteiger partial charge in [-0.05, 0) is 18.2 Å². The number of amides is 2. The Morgan fingerprint density at radius 2 is 1.65 bits per heavy atom. The molecule has 0 atom stereocenters. The highest BCUT2D eigenvalue weighted by molar-refractivity contribution is 7.91. The first-order valence-electron chi connectivity index (χ1n) is 8.08. The van der Waals surface area contributed by atoms with E-state index in [0.29, 0.717) is 11.4 Å². The smallest absolute Gasteiger partial charge is 0.251 e. The number of benzene rings is 1. The van der Waals surface area contributed by atoms with Crippen LogP contribution in [0.25, 0.3) is 11.4 Å². The molecule has 1 aromatic heterocycles. The molecule has 1 aliphatic rings. The van der Waals surface area contributed by atoms with Crippen LogP contribution in [0.3, 0.4) is 0 Å². The van der Waals surface area contributed by atoms with E-state index in [2.05, 4.69) is 15.3 Å². The highest BCUT2D eigenvalue weighted by Crippen LogP contribution is 2.14. The minimum atomic E-state index is -3.04. The highest BCUT2D eigenvalue weighted by atomic mass is 32.2. The quantitative estimate of drug-likeness (QED) is 0.815. The van der Waals surface area contributed by atoms with Gasteiger partial charge in [0.2, 0.25) is 5.91 Å². The first-order valence-corrected chi connectivity index (χ1v) is 9.91. The molecule has 1 aliphatic heterocycles. The number of rotatable bonds is 4. The van der Waals surface area contributed by atoms with Gasteiger partial charge in [0.05, 0.1) is 18.1 Å². The first-order chi connectivity index (χ1) is 12.4. The summed E-state index contributed by atoms with van der Waals surface area (Å²) in [6.45, 7) is 0.175. The summed E-state index contributed by atoms with van der Waals surface area (Å²) in [4.78, 5) is 34.0. The highest BCUT2D eigenvalue weighted by Gasteiger charge is 2.25. The second-order valence-electron chi connectivity index (χ2n) is 5.87. The Morgan fingerprint density at radius 3 is 2.27 bits per heavy atom. The van der Waals surface area contributed by atoms with E-state index in [9.17, 15) is 18.0 Å². The van der Waals surface area contributed by atoms with Crippen molar-refractivity contribution in [2.24, 2.45) is 0 Å². The molecule has 26 heavy (non-hydrogen) atoms. The van der Waals surface area contributed by atoms with Crippen LogP contribution in [0.1, 0.15) is 10.4 Å². The lowest BCUT2D eigenvalue weighted by atomic mass is 10.1. The van der Waals surface area contributed by atoms with Gasteiger partial charge in [-0.25, -0.2) is 18.4 Å². The van der Waals surface area contributed by atoms with Crippen LogP contribution >= 0.6 is 0 Å². The van der Waals surface area contributed by atoms with E-state index in [-0.39, 0.29) is 43.0 Å². The summed E-state index contributed by atoms with van der Waals surface area (Å²) < 4.78 is 22.8. The van der Waals surface area contributed by atoms with Crippen molar-refractivity contribution in [1.29, 1.82) is 0 Å². The zero-order chi connectivity index (χ0) is 18.6. The van der Waals surface area contributed by atoms with Gasteiger partial charge in [-0.15, -0.1) is 0 Å². The maximum absolute atomic E-state index is 12.2. The van der Waals surface area contributed by atoms with Gasteiger partial charge in [-0.2, -0.15) is 0 Å². The maximum Gasteiger partial charge on any atom is 0.251 e. The van der Waals surface area contributed by atoms with E-state index in [4.69, 9.17) is 0 Å². The molecule has 0 spiro atoms. The molecule has 0 saturated carbocycles. The normalized spacial score (nSPS) is 16.1. The molecular formula is C17H18N4O4S. The molecule has 0 radical (unpaired) electrons. The predicted molar refractivity (Wildman–Crippen MR) is 95.0 cm³/mol. The van der Waals surface area contributed by atoms with E-state index in [1.54, 1.807) is 42.7 Å². The number of carbonyl (C=O) groups excluding carboxylic acids is 2. The summed E-state index contributed by atoms with van der Waals surface area (Å²) in [5.41, 5.74) is 1.20. The van der Waals surface area contributed by atoms with Gasteiger partial charge < -0.3 is 10.2 Å². The molecule has 1 saturated heterocycles. The van der Waals surface area contributed by atoms with Crippen LogP contribution in [0.15, 0.2) is 42.7 Å². The zero-order valence-corrected chi connectivity index (χ0v) is 14.8. The van der Waals surface area contributed by atoms with Crippen LogP contribution in [-0.2, 0) is 14.6 Å². The van der Waals surface area contributed by atoms with Crippen LogP contribution in [0, 0.1) is 0 Å². The summed E-state index contributed by atoms with van der Waals surface area (Å²) in [6, 6.07) is 8.47. The van der Waals surface area contributed by atoms with Crippen molar-refractivity contribution in [3.05, 3.63) is 48.3 Å². The Kier molecular flexibility index (Phi) is 5.27. The summed E-state index contributed by atoms with van der Waals surface area (Å²) >= 11 is 0. The van der Waals surface area contributed by atoms with Crippen LogP contribution in [-0.4, -0.2) is 66.2 Å². The lowest BCUT2D eigenvalue weighted by Gasteiger charge is -2.26. The topological polar surface area (TPSA) is 109 Å². The van der Waals surface area contributed by atoms with Gasteiger partial charge in [0.25, 0.3) is 5.91 Å². The van der Waals surface area contributed by atoms with E-state index in [0.717, 1.165) is 5.56 Å². The number of sulfone groups is 1. The molecule has 0 bridgehead atoms. The van der Waals surface area contributed by atoms with Gasteiger partial charge in [0, 0.05) is 36.6 Å². The third-order valence-corrected chi connectivity index (χ3v) is 5.68. The Bertz CT molecular complexity index is 884. The summed E-state index contributed by atoms with van der Waals surface area (Å²) in [7, 11) is -3.04. The van der Waals surface area contributed by atoms with Crippen molar-refractivity contribution >= 4 is 21.7 Å². The van der Waals surface area contributed by atoms with Crippen LogP contribution < -0.4 is 5.32 Å². The summed E-state index contributed by atoms with van der Waals surface area (Å²) in [6.07, 6.45) is 3.28. The average molecular weight is 374 g/mol. The van der Waals surface area contributed by atoms with Gasteiger partial charge in [0.15, 0.2) is 15.7 Å². The van der Waals surface area contributed by atoms with Crippen LogP contribution in [0.5, 0.6) is 0 Å². The average Bonchev–Trinajstić information content (AvgIpc) is 2.66. The summed E-state index contributed by atoms with van der Waals surface area (Å²) in [5.74, 6) is -0.161. The van der Waals surface area contributed by atoms with Crippen molar-refractivity contribution in [1.82, 2.24) is 20.2 Å². The molecule has 0 aliphatic carbocycles. The standard InChI is InChI=1S/C17H18N4O4S/c22-15(21-8-10-26(24,25)11-9-21)12-20-17(23)14-4-2-13(3-5-14)16-18-6-1-7-19-16/h1-7H,8-12H2,(H,20,23). The van der Waals surface area contributed by atoms with E-state index < -0.39 is 9.84 Å². The number of nitrogens with one attached hydrogen (secondary N) is 1. The molecule has 0 unspecified atom stereocenters. The van der Waals surface area contributed by atoms with Crippen molar-refractivity contribution < 1.29 is 18.0 Å². The molecule has 3 rings (SSSR count). The molecule has 9 heteroatoms. The second kappa shape index (κ2) is 7.61. The van der Waals surface area contributed by atoms with Crippen molar-refractivity contribution in [2.45, 2.75) is 0 Å². The van der Waals surface area contributed by atoms with Crippen LogP contribution in [0.4, 0.5) is 0 Å². The molecule has 2 amide bonds. The molecular weight excluding hydrogens is 356 g/mol. The minimum absolute atomic E-state index is 0.0320. The number of carbonyl (C=O) groups is 2. The fourth-order valence-corrected chi connectivity index (χ4v) is 3.75. The van der Waals surface area contributed by atoms with Crippen molar-refractivity contribution in [3.8, 4) is 11.4 Å². The van der Waals surface area contributed by atoms with Crippen molar-refractivity contribution in [3.63, 3.8) is 0 Å². The van der Waals surface area contributed by atoms with Gasteiger partial charge in [-0.1, -0.05) is 12.1 Å². The number of aromatic nitrogens is 2. The zero-order valence-electron chi connectivity index (χ0n) is 14.0. The number of hydrogen-bond donors (Lipinski definition) is 1. The second-order valence-corrected chi connectivity index (χ2v) is 8.17. The Labute approximate surface area is 151 Å². The largest absolute Gasteiger partial charge is 0.343 e. The fraction of sp³-hybridized carbons (Fsp3) is 0.294. The third kappa shape index (κ3) is 4.42. The van der Waals surface area contributed by atoms with Crippen molar-refractivity contribution in [2.75, 3.05) is 31.1 Å². The van der Waals surface area contributed by atoms with Gasteiger partial charge in [0.1, 0.15) is 0 Å². The molecule has 2 heterocycles. The summed E-state index contributed by atoms with van der Waals surface area (Å²) in [5, 5.41) is 2.57. The van der Waals surface area contributed by atoms with E-state index in [1.165, 1.54) is 4.90 Å². The van der Waals surface area contributed by atoms with E-state index >= 15 is 0 Å².